The lowest BCUT2D eigenvalue weighted by Gasteiger charge is -2.20. The molecule has 0 unspecified atom stereocenters. The van der Waals surface area contributed by atoms with Gasteiger partial charge < -0.3 is 0 Å². The van der Waals surface area contributed by atoms with Gasteiger partial charge in [0.15, 0.2) is 0 Å². The highest BCUT2D eigenvalue weighted by Gasteiger charge is 2.24. The monoisotopic (exact) mass is 408 g/mol. The standard InChI is InChI=1S/C19H24N2O4S2/c1-4-21(5-2)27(24,25)19-15-18(12-11-16(19)3)20-26(22,23)14-13-17-9-7-6-8-10-17/h6-15,20H,4-5H2,1-3H3/b14-13+. The van der Waals surface area contributed by atoms with E-state index >= 15 is 0 Å². The molecule has 1 N–H and O–H groups in total. The highest BCUT2D eigenvalue weighted by Crippen LogP contribution is 2.24. The van der Waals surface area contributed by atoms with Gasteiger partial charge in [0.25, 0.3) is 10.0 Å². The third-order valence-electron chi connectivity index (χ3n) is 4.01. The Bertz CT molecular complexity index is 1010. The molecule has 2 rings (SSSR count). The third kappa shape index (κ3) is 5.41. The minimum absolute atomic E-state index is 0.0958. The molecule has 0 aromatic heterocycles. The van der Waals surface area contributed by atoms with Crippen LogP contribution in [-0.2, 0) is 20.0 Å². The Morgan fingerprint density at radius 3 is 2.19 bits per heavy atom. The molecule has 0 bridgehead atoms. The van der Waals surface area contributed by atoms with Crippen LogP contribution in [0.3, 0.4) is 0 Å². The van der Waals surface area contributed by atoms with Gasteiger partial charge in [0.1, 0.15) is 0 Å². The fraction of sp³-hybridized carbons (Fsp3) is 0.263. The zero-order valence-corrected chi connectivity index (χ0v) is 17.2. The van der Waals surface area contributed by atoms with E-state index in [9.17, 15) is 16.8 Å². The van der Waals surface area contributed by atoms with Gasteiger partial charge in [-0.05, 0) is 36.3 Å². The summed E-state index contributed by atoms with van der Waals surface area (Å²) in [5, 5.41) is 1.06. The molecule has 0 aliphatic heterocycles. The zero-order valence-electron chi connectivity index (χ0n) is 15.6. The molecule has 0 aliphatic carbocycles. The number of anilines is 1. The van der Waals surface area contributed by atoms with Crippen molar-refractivity contribution in [1.82, 2.24) is 4.31 Å². The van der Waals surface area contributed by atoms with Crippen LogP contribution in [0.1, 0.15) is 25.0 Å². The maximum atomic E-state index is 12.8. The summed E-state index contributed by atoms with van der Waals surface area (Å²) in [7, 11) is -7.46. The number of sulfonamides is 2. The van der Waals surface area contributed by atoms with E-state index in [2.05, 4.69) is 4.72 Å². The fourth-order valence-electron chi connectivity index (χ4n) is 2.57. The number of nitrogens with zero attached hydrogens (tertiary/aromatic N) is 1. The first-order valence-corrected chi connectivity index (χ1v) is 11.5. The molecule has 146 valence electrons. The Labute approximate surface area is 161 Å². The first kappa shape index (κ1) is 21.1. The fourth-order valence-corrected chi connectivity index (χ4v) is 5.14. The van der Waals surface area contributed by atoms with Gasteiger partial charge in [0, 0.05) is 13.1 Å². The molecule has 2 aromatic carbocycles. The van der Waals surface area contributed by atoms with Gasteiger partial charge in [-0.3, -0.25) is 4.72 Å². The summed E-state index contributed by atoms with van der Waals surface area (Å²) in [6, 6.07) is 13.5. The average Bonchev–Trinajstić information content (AvgIpc) is 2.63. The number of nitrogens with one attached hydrogen (secondary N) is 1. The number of hydrogen-bond donors (Lipinski definition) is 1. The van der Waals surface area contributed by atoms with E-state index in [0.29, 0.717) is 18.7 Å². The van der Waals surface area contributed by atoms with Gasteiger partial charge in [0.2, 0.25) is 10.0 Å². The molecule has 0 amide bonds. The Balaban J connectivity index is 2.31. The van der Waals surface area contributed by atoms with Gasteiger partial charge in [-0.1, -0.05) is 50.2 Å². The predicted molar refractivity (Wildman–Crippen MR) is 109 cm³/mol. The van der Waals surface area contributed by atoms with Crippen molar-refractivity contribution < 1.29 is 16.8 Å². The van der Waals surface area contributed by atoms with Crippen LogP contribution >= 0.6 is 0 Å². The van der Waals surface area contributed by atoms with Crippen molar-refractivity contribution in [3.05, 3.63) is 65.1 Å². The Kier molecular flexibility index (Phi) is 6.80. The topological polar surface area (TPSA) is 83.6 Å². The van der Waals surface area contributed by atoms with Crippen LogP contribution in [-0.4, -0.2) is 34.2 Å². The second kappa shape index (κ2) is 8.69. The van der Waals surface area contributed by atoms with Crippen LogP contribution in [0.15, 0.2) is 58.8 Å². The van der Waals surface area contributed by atoms with Crippen LogP contribution in [0.25, 0.3) is 6.08 Å². The quantitative estimate of drug-likeness (QED) is 0.725. The number of aryl methyl sites for hydroxylation is 1. The lowest BCUT2D eigenvalue weighted by Crippen LogP contribution is -2.31. The molecule has 0 aliphatic rings. The van der Waals surface area contributed by atoms with E-state index in [1.807, 2.05) is 18.2 Å². The average molecular weight is 409 g/mol. The molecule has 0 heterocycles. The molecule has 0 fully saturated rings. The van der Waals surface area contributed by atoms with E-state index in [1.165, 1.54) is 16.4 Å². The summed E-state index contributed by atoms with van der Waals surface area (Å²) in [4.78, 5) is 0.0958. The first-order chi connectivity index (χ1) is 12.7. The molecule has 6 nitrogen and oxygen atoms in total. The predicted octanol–water partition coefficient (Wildman–Crippen LogP) is 3.44. The zero-order chi connectivity index (χ0) is 20.1. The summed E-state index contributed by atoms with van der Waals surface area (Å²) in [5.41, 5.74) is 1.50. The number of rotatable bonds is 8. The highest BCUT2D eigenvalue weighted by atomic mass is 32.2. The molecule has 8 heteroatoms. The van der Waals surface area contributed by atoms with Crippen molar-refractivity contribution in [3.63, 3.8) is 0 Å². The maximum absolute atomic E-state index is 12.8. The molecule has 27 heavy (non-hydrogen) atoms. The molecular formula is C19H24N2O4S2. The van der Waals surface area contributed by atoms with Crippen LogP contribution in [0, 0.1) is 6.92 Å². The van der Waals surface area contributed by atoms with Crippen molar-refractivity contribution in [2.75, 3.05) is 17.8 Å². The normalized spacial score (nSPS) is 12.6. The largest absolute Gasteiger partial charge is 0.280 e. The second-order valence-corrected chi connectivity index (χ2v) is 9.40. The van der Waals surface area contributed by atoms with Crippen molar-refractivity contribution in [2.24, 2.45) is 0 Å². The molecular weight excluding hydrogens is 384 g/mol. The van der Waals surface area contributed by atoms with Crippen molar-refractivity contribution in [2.45, 2.75) is 25.7 Å². The highest BCUT2D eigenvalue weighted by molar-refractivity contribution is 7.95. The van der Waals surface area contributed by atoms with Crippen LogP contribution < -0.4 is 4.72 Å². The van der Waals surface area contributed by atoms with Gasteiger partial charge in [-0.25, -0.2) is 16.8 Å². The maximum Gasteiger partial charge on any atom is 0.255 e. The number of hydrogen-bond acceptors (Lipinski definition) is 4. The molecule has 0 radical (unpaired) electrons. The minimum atomic E-state index is -3.78. The van der Waals surface area contributed by atoms with Gasteiger partial charge in [-0.2, -0.15) is 4.31 Å². The summed E-state index contributed by atoms with van der Waals surface area (Å²) in [5.74, 6) is 0. The third-order valence-corrected chi connectivity index (χ3v) is 7.22. The van der Waals surface area contributed by atoms with Crippen LogP contribution in [0.5, 0.6) is 0 Å². The molecule has 0 spiro atoms. The van der Waals surface area contributed by atoms with Crippen molar-refractivity contribution >= 4 is 31.8 Å². The van der Waals surface area contributed by atoms with E-state index in [1.54, 1.807) is 45.0 Å². The van der Waals surface area contributed by atoms with E-state index in [4.69, 9.17) is 0 Å². The molecule has 0 saturated heterocycles. The number of benzene rings is 2. The van der Waals surface area contributed by atoms with Crippen molar-refractivity contribution in [1.29, 1.82) is 0 Å². The lowest BCUT2D eigenvalue weighted by molar-refractivity contribution is 0.445. The van der Waals surface area contributed by atoms with Crippen LogP contribution in [0.2, 0.25) is 0 Å². The minimum Gasteiger partial charge on any atom is -0.280 e. The van der Waals surface area contributed by atoms with Gasteiger partial charge >= 0.3 is 0 Å². The SMILES string of the molecule is CCN(CC)S(=O)(=O)c1cc(NS(=O)(=O)/C=C/c2ccccc2)ccc1C. The molecule has 2 aromatic rings. The van der Waals surface area contributed by atoms with Gasteiger partial charge in [-0.15, -0.1) is 0 Å². The van der Waals surface area contributed by atoms with E-state index in [0.717, 1.165) is 11.0 Å². The lowest BCUT2D eigenvalue weighted by atomic mass is 10.2. The Morgan fingerprint density at radius 1 is 0.963 bits per heavy atom. The summed E-state index contributed by atoms with van der Waals surface area (Å²) in [6.07, 6.45) is 1.48. The first-order valence-electron chi connectivity index (χ1n) is 8.56. The summed E-state index contributed by atoms with van der Waals surface area (Å²) in [6.45, 7) is 5.89. The second-order valence-electron chi connectivity index (χ2n) is 5.93. The van der Waals surface area contributed by atoms with Gasteiger partial charge in [0.05, 0.1) is 16.0 Å². The molecule has 0 atom stereocenters. The van der Waals surface area contributed by atoms with Crippen molar-refractivity contribution in [3.8, 4) is 0 Å². The van der Waals surface area contributed by atoms with E-state index < -0.39 is 20.0 Å². The molecule has 0 saturated carbocycles. The Hall–Kier alpha value is -2.16. The smallest absolute Gasteiger partial charge is 0.255 e. The Morgan fingerprint density at radius 2 is 1.59 bits per heavy atom. The summed E-state index contributed by atoms with van der Waals surface area (Å²) < 4.78 is 53.9. The van der Waals surface area contributed by atoms with Crippen LogP contribution in [0.4, 0.5) is 5.69 Å². The summed E-state index contributed by atoms with van der Waals surface area (Å²) >= 11 is 0. The van der Waals surface area contributed by atoms with E-state index in [-0.39, 0.29) is 10.6 Å².